The van der Waals surface area contributed by atoms with Crippen molar-refractivity contribution in [3.8, 4) is 45.2 Å². The quantitative estimate of drug-likeness (QED) is 0.185. The predicted molar refractivity (Wildman–Crippen MR) is 156 cm³/mol. The van der Waals surface area contributed by atoms with Gasteiger partial charge in [-0.3, -0.25) is 4.79 Å². The minimum Gasteiger partial charge on any atom is -0.497 e. The molecule has 14 heteroatoms. The van der Waals surface area contributed by atoms with Crippen molar-refractivity contribution in [2.45, 2.75) is 0 Å². The van der Waals surface area contributed by atoms with Gasteiger partial charge in [-0.15, -0.1) is 0 Å². The fourth-order valence-electron chi connectivity index (χ4n) is 3.98. The molecular weight excluding hydrogens is 567 g/mol. The molecule has 0 fully saturated rings. The lowest BCUT2D eigenvalue weighted by molar-refractivity contribution is 0.102. The summed E-state index contributed by atoms with van der Waals surface area (Å²) in [6.07, 6.45) is 0. The number of carbonyl (C=O) groups excluding carboxylic acids is 1. The van der Waals surface area contributed by atoms with Crippen LogP contribution in [0.1, 0.15) is 10.4 Å². The smallest absolute Gasteiger partial charge is 0.272 e. The van der Waals surface area contributed by atoms with Gasteiger partial charge in [-0.1, -0.05) is 22.6 Å². The molecule has 4 N–H and O–H groups in total. The van der Waals surface area contributed by atoms with Crippen LogP contribution in [0.3, 0.4) is 0 Å². The van der Waals surface area contributed by atoms with Crippen LogP contribution in [0.2, 0.25) is 0 Å². The highest BCUT2D eigenvalue weighted by Crippen LogP contribution is 2.42. The van der Waals surface area contributed by atoms with E-state index in [2.05, 4.69) is 25.8 Å². The number of rotatable bonds is 10. The molecule has 216 valence electrons. The van der Waals surface area contributed by atoms with Crippen LogP contribution in [-0.2, 0) is 0 Å². The summed E-state index contributed by atoms with van der Waals surface area (Å²) in [5, 5.41) is 10.2. The number of anilines is 4. The van der Waals surface area contributed by atoms with Crippen LogP contribution in [0, 0.1) is 5.82 Å². The Labute approximate surface area is 243 Å². The number of carbonyl (C=O) groups is 1. The zero-order valence-corrected chi connectivity index (χ0v) is 23.7. The average molecular weight is 593 g/mol. The number of amides is 1. The lowest BCUT2D eigenvalue weighted by Gasteiger charge is -2.14. The number of thiazole rings is 1. The summed E-state index contributed by atoms with van der Waals surface area (Å²) in [4.78, 5) is 21.8. The van der Waals surface area contributed by atoms with Crippen molar-refractivity contribution < 1.29 is 32.7 Å². The molecule has 0 spiro atoms. The Morgan fingerprint density at radius 1 is 0.929 bits per heavy atom. The van der Waals surface area contributed by atoms with Crippen molar-refractivity contribution in [3.63, 3.8) is 0 Å². The minimum absolute atomic E-state index is 0.0206. The molecule has 0 aliphatic heterocycles. The first-order valence-corrected chi connectivity index (χ1v) is 13.1. The van der Waals surface area contributed by atoms with Crippen molar-refractivity contribution in [1.82, 2.24) is 15.1 Å². The molecule has 3 aromatic carbocycles. The van der Waals surface area contributed by atoms with Gasteiger partial charge in [-0.05, 0) is 36.4 Å². The van der Waals surface area contributed by atoms with Crippen LogP contribution in [0.25, 0.3) is 22.2 Å². The number of nitrogen functional groups attached to an aromatic ring is 1. The molecule has 0 aliphatic rings. The highest BCUT2D eigenvalue weighted by atomic mass is 32.1. The number of nitrogens with zero attached hydrogens (tertiary/aromatic N) is 3. The van der Waals surface area contributed by atoms with Gasteiger partial charge in [0.2, 0.25) is 11.6 Å². The topological polar surface area (TPSA) is 156 Å². The highest BCUT2D eigenvalue weighted by molar-refractivity contribution is 7.19. The third kappa shape index (κ3) is 5.74. The van der Waals surface area contributed by atoms with Gasteiger partial charge < -0.3 is 39.8 Å². The van der Waals surface area contributed by atoms with E-state index in [1.807, 2.05) is 0 Å². The number of nitrogens with one attached hydrogen (secondary N) is 2. The van der Waals surface area contributed by atoms with Gasteiger partial charge in [-0.25, -0.2) is 9.37 Å². The Balaban J connectivity index is 1.37. The lowest BCUT2D eigenvalue weighted by atomic mass is 10.1. The van der Waals surface area contributed by atoms with Crippen LogP contribution >= 0.6 is 11.3 Å². The lowest BCUT2D eigenvalue weighted by Crippen LogP contribution is -2.12. The number of benzene rings is 3. The van der Waals surface area contributed by atoms with Crippen LogP contribution in [0.4, 0.5) is 26.7 Å². The van der Waals surface area contributed by atoms with E-state index < -0.39 is 11.7 Å². The molecule has 12 nitrogen and oxygen atoms in total. The van der Waals surface area contributed by atoms with E-state index in [1.54, 1.807) is 36.4 Å². The summed E-state index contributed by atoms with van der Waals surface area (Å²) in [7, 11) is 6.05. The number of halogens is 1. The minimum atomic E-state index is -0.608. The Hall–Kier alpha value is -5.37. The number of hydrogen-bond acceptors (Lipinski definition) is 12. The molecule has 5 aromatic rings. The molecule has 0 atom stereocenters. The summed E-state index contributed by atoms with van der Waals surface area (Å²) >= 11 is 1.15. The van der Waals surface area contributed by atoms with Gasteiger partial charge >= 0.3 is 0 Å². The van der Waals surface area contributed by atoms with E-state index in [0.717, 1.165) is 11.3 Å². The molecule has 0 aliphatic carbocycles. The summed E-state index contributed by atoms with van der Waals surface area (Å²) in [5.41, 5.74) is 7.48. The molecular formula is C28H25FN6O6S. The fraction of sp³-hybridized carbons (Fsp3) is 0.143. The largest absolute Gasteiger partial charge is 0.497 e. The first-order valence-electron chi connectivity index (χ1n) is 12.3. The molecule has 42 heavy (non-hydrogen) atoms. The predicted octanol–water partition coefficient (Wildman–Crippen LogP) is 5.61. The summed E-state index contributed by atoms with van der Waals surface area (Å²) in [6, 6.07) is 14.1. The van der Waals surface area contributed by atoms with Crippen molar-refractivity contribution in [3.05, 3.63) is 66.0 Å². The van der Waals surface area contributed by atoms with Crippen LogP contribution < -0.4 is 35.3 Å². The summed E-state index contributed by atoms with van der Waals surface area (Å²) < 4.78 is 41.5. The third-order valence-corrected chi connectivity index (χ3v) is 6.96. The first-order chi connectivity index (χ1) is 20.3. The van der Waals surface area contributed by atoms with Gasteiger partial charge in [0.25, 0.3) is 11.8 Å². The van der Waals surface area contributed by atoms with E-state index in [0.29, 0.717) is 49.9 Å². The van der Waals surface area contributed by atoms with E-state index in [-0.39, 0.29) is 23.1 Å². The van der Waals surface area contributed by atoms with E-state index in [1.165, 1.54) is 46.6 Å². The van der Waals surface area contributed by atoms with Crippen molar-refractivity contribution >= 4 is 39.6 Å². The first kappa shape index (κ1) is 28.2. The highest BCUT2D eigenvalue weighted by Gasteiger charge is 2.21. The molecule has 0 saturated carbocycles. The number of aromatic nitrogens is 3. The second-order valence-corrected chi connectivity index (χ2v) is 9.58. The van der Waals surface area contributed by atoms with Gasteiger partial charge in [0.1, 0.15) is 22.3 Å². The molecule has 2 aromatic heterocycles. The number of methoxy groups -OCH3 is 4. The van der Waals surface area contributed by atoms with Gasteiger partial charge in [0.15, 0.2) is 16.6 Å². The maximum Gasteiger partial charge on any atom is 0.272 e. The second-order valence-electron chi connectivity index (χ2n) is 8.58. The normalized spacial score (nSPS) is 10.7. The van der Waals surface area contributed by atoms with Crippen LogP contribution in [-0.4, -0.2) is 49.5 Å². The standard InChI is InChI=1S/C28H25FN6O6S/c1-37-17-7-5-6-14(10-17)26(36)31-15-8-9-19(29)18(11-15)25-34-27(41-35-25)23-24(30)33-28(42-23)32-16-12-20(38-2)22(40-4)21(13-16)39-3/h5-13H,30H2,1-4H3,(H,31,36)(H,32,33). The van der Waals surface area contributed by atoms with Crippen LogP contribution in [0.15, 0.2) is 59.1 Å². The molecule has 0 bridgehead atoms. The Morgan fingerprint density at radius 2 is 1.69 bits per heavy atom. The molecule has 0 radical (unpaired) electrons. The van der Waals surface area contributed by atoms with Crippen LogP contribution in [0.5, 0.6) is 23.0 Å². The maximum atomic E-state index is 14.8. The van der Waals surface area contributed by atoms with Gasteiger partial charge in [-0.2, -0.15) is 4.98 Å². The third-order valence-electron chi connectivity index (χ3n) is 5.99. The molecule has 0 saturated heterocycles. The van der Waals surface area contributed by atoms with Crippen molar-refractivity contribution in [2.75, 3.05) is 44.8 Å². The van der Waals surface area contributed by atoms with E-state index >= 15 is 0 Å². The Bertz CT molecular complexity index is 1730. The van der Waals surface area contributed by atoms with Crippen molar-refractivity contribution in [1.29, 1.82) is 0 Å². The number of hydrogen-bond donors (Lipinski definition) is 3. The Kier molecular flexibility index (Phi) is 8.06. The molecule has 5 rings (SSSR count). The summed E-state index contributed by atoms with van der Waals surface area (Å²) in [5.74, 6) is 1.02. The molecule has 2 heterocycles. The van der Waals surface area contributed by atoms with Gasteiger partial charge in [0.05, 0.1) is 34.0 Å². The van der Waals surface area contributed by atoms with E-state index in [9.17, 15) is 9.18 Å². The number of ether oxygens (including phenoxy) is 4. The molecule has 0 unspecified atom stereocenters. The molecule has 1 amide bonds. The second kappa shape index (κ2) is 12.0. The van der Waals surface area contributed by atoms with E-state index in [4.69, 9.17) is 29.2 Å². The zero-order valence-electron chi connectivity index (χ0n) is 22.9. The monoisotopic (exact) mass is 592 g/mol. The Morgan fingerprint density at radius 3 is 2.38 bits per heavy atom. The summed E-state index contributed by atoms with van der Waals surface area (Å²) in [6.45, 7) is 0. The fourth-order valence-corrected chi connectivity index (χ4v) is 4.81. The SMILES string of the molecule is COc1cccc(C(=O)Nc2ccc(F)c(-c3noc(-c4sc(Nc5cc(OC)c(OC)c(OC)c5)nc4N)n3)c2)c1. The zero-order chi connectivity index (χ0) is 29.8. The van der Waals surface area contributed by atoms with Crippen molar-refractivity contribution in [2.24, 2.45) is 0 Å². The number of nitrogens with two attached hydrogens (primary N) is 1. The maximum absolute atomic E-state index is 14.8. The van der Waals surface area contributed by atoms with Gasteiger partial charge in [0, 0.05) is 29.1 Å². The average Bonchev–Trinajstić information content (AvgIpc) is 3.63.